The largest absolute Gasteiger partial charge is 0.504 e. The Morgan fingerprint density at radius 2 is 2.20 bits per heavy atom. The smallest absolute Gasteiger partial charge is 0.208 e. The molecule has 0 unspecified atom stereocenters. The van der Waals surface area contributed by atoms with Crippen LogP contribution in [0.1, 0.15) is 5.56 Å². The van der Waals surface area contributed by atoms with Crippen molar-refractivity contribution >= 4 is 11.6 Å². The van der Waals surface area contributed by atoms with Crippen LogP contribution in [0.5, 0.6) is 11.5 Å². The molecule has 15 heavy (non-hydrogen) atoms. The number of ether oxygens (including phenoxy) is 1. The molecule has 4 nitrogen and oxygen atoms in total. The zero-order valence-corrected chi connectivity index (χ0v) is 9.06. The standard InChI is InChI=1S/C9H11ClFNO3/c1-14-9-5(4-12-15-2)3-6(10)8(13)7(9)11/h3,12-13H,4H2,1-2H3. The van der Waals surface area contributed by atoms with Crippen molar-refractivity contribution in [1.29, 1.82) is 0 Å². The highest BCUT2D eigenvalue weighted by atomic mass is 35.5. The molecule has 0 aliphatic rings. The third-order valence-corrected chi connectivity index (χ3v) is 2.13. The quantitative estimate of drug-likeness (QED) is 0.782. The molecule has 0 bridgehead atoms. The van der Waals surface area contributed by atoms with Crippen LogP contribution < -0.4 is 10.2 Å². The third-order valence-electron chi connectivity index (χ3n) is 1.84. The van der Waals surface area contributed by atoms with Gasteiger partial charge in [-0.15, -0.1) is 0 Å². The summed E-state index contributed by atoms with van der Waals surface area (Å²) < 4.78 is 18.2. The predicted molar refractivity (Wildman–Crippen MR) is 53.5 cm³/mol. The molecule has 0 saturated carbocycles. The monoisotopic (exact) mass is 235 g/mol. The first-order chi connectivity index (χ1) is 7.11. The first-order valence-electron chi connectivity index (χ1n) is 4.11. The van der Waals surface area contributed by atoms with Crippen LogP contribution in [0.4, 0.5) is 4.39 Å². The second kappa shape index (κ2) is 5.16. The summed E-state index contributed by atoms with van der Waals surface area (Å²) in [6.45, 7) is 0.219. The summed E-state index contributed by atoms with van der Waals surface area (Å²) in [5, 5.41) is 9.16. The number of phenols is 1. The molecule has 84 valence electrons. The number of phenolic OH excluding ortho intramolecular Hbond substituents is 1. The number of halogens is 2. The topological polar surface area (TPSA) is 50.7 Å². The highest BCUT2D eigenvalue weighted by molar-refractivity contribution is 6.32. The van der Waals surface area contributed by atoms with Crippen molar-refractivity contribution in [1.82, 2.24) is 5.48 Å². The van der Waals surface area contributed by atoms with Gasteiger partial charge in [-0.3, -0.25) is 0 Å². The molecule has 2 N–H and O–H groups in total. The molecule has 0 aliphatic heterocycles. The predicted octanol–water partition coefficient (Wildman–Crippen LogP) is 1.84. The maximum Gasteiger partial charge on any atom is 0.208 e. The molecule has 0 heterocycles. The molecule has 1 rings (SSSR count). The summed E-state index contributed by atoms with van der Waals surface area (Å²) in [5.41, 5.74) is 2.98. The fourth-order valence-electron chi connectivity index (χ4n) is 1.14. The van der Waals surface area contributed by atoms with Gasteiger partial charge in [0.25, 0.3) is 0 Å². The molecule has 0 saturated heterocycles. The average Bonchev–Trinajstić information content (AvgIpc) is 2.23. The fraction of sp³-hybridized carbons (Fsp3) is 0.333. The minimum atomic E-state index is -0.877. The Morgan fingerprint density at radius 3 is 2.73 bits per heavy atom. The van der Waals surface area contributed by atoms with Gasteiger partial charge in [-0.2, -0.15) is 9.87 Å². The van der Waals surface area contributed by atoms with Crippen molar-refractivity contribution in [2.24, 2.45) is 0 Å². The number of benzene rings is 1. The number of hydrogen-bond donors (Lipinski definition) is 2. The average molecular weight is 236 g/mol. The van der Waals surface area contributed by atoms with Crippen molar-refractivity contribution in [3.8, 4) is 11.5 Å². The lowest BCUT2D eigenvalue weighted by molar-refractivity contribution is 0.0859. The van der Waals surface area contributed by atoms with Gasteiger partial charge in [-0.25, -0.2) is 0 Å². The Labute approximate surface area is 91.5 Å². The van der Waals surface area contributed by atoms with E-state index in [0.717, 1.165) is 0 Å². The van der Waals surface area contributed by atoms with E-state index in [1.54, 1.807) is 0 Å². The van der Waals surface area contributed by atoms with Gasteiger partial charge < -0.3 is 14.7 Å². The van der Waals surface area contributed by atoms with Gasteiger partial charge >= 0.3 is 0 Å². The van der Waals surface area contributed by atoms with E-state index in [2.05, 4.69) is 10.3 Å². The third kappa shape index (κ3) is 2.50. The van der Waals surface area contributed by atoms with E-state index in [1.165, 1.54) is 20.3 Å². The van der Waals surface area contributed by atoms with Gasteiger partial charge in [0.2, 0.25) is 5.82 Å². The molecule has 0 radical (unpaired) electrons. The van der Waals surface area contributed by atoms with Crippen LogP contribution in [-0.4, -0.2) is 19.3 Å². The van der Waals surface area contributed by atoms with Crippen LogP contribution >= 0.6 is 11.6 Å². The maximum atomic E-state index is 13.4. The molecular formula is C9H11ClFNO3. The van der Waals surface area contributed by atoms with Gasteiger partial charge in [-0.1, -0.05) is 11.6 Å². The van der Waals surface area contributed by atoms with Crippen molar-refractivity contribution < 1.29 is 19.1 Å². The highest BCUT2D eigenvalue weighted by Gasteiger charge is 2.17. The second-order valence-corrected chi connectivity index (χ2v) is 3.15. The lowest BCUT2D eigenvalue weighted by atomic mass is 10.2. The van der Waals surface area contributed by atoms with E-state index in [0.29, 0.717) is 5.56 Å². The lowest BCUT2D eigenvalue weighted by Gasteiger charge is -2.11. The first-order valence-corrected chi connectivity index (χ1v) is 4.49. The molecule has 6 heteroatoms. The number of rotatable bonds is 4. The van der Waals surface area contributed by atoms with Gasteiger partial charge in [0.15, 0.2) is 11.5 Å². The minimum absolute atomic E-state index is 0.0542. The number of methoxy groups -OCH3 is 1. The molecule has 0 aromatic heterocycles. The van der Waals surface area contributed by atoms with E-state index in [9.17, 15) is 9.50 Å². The zero-order valence-electron chi connectivity index (χ0n) is 8.30. The van der Waals surface area contributed by atoms with E-state index in [1.807, 2.05) is 0 Å². The normalized spacial score (nSPS) is 10.4. The van der Waals surface area contributed by atoms with Crippen LogP contribution in [0.3, 0.4) is 0 Å². The number of hydroxylamine groups is 1. The summed E-state index contributed by atoms with van der Waals surface area (Å²) in [4.78, 5) is 4.62. The zero-order chi connectivity index (χ0) is 11.4. The van der Waals surface area contributed by atoms with E-state index >= 15 is 0 Å². The molecule has 1 aromatic rings. The van der Waals surface area contributed by atoms with Crippen LogP contribution in [0, 0.1) is 5.82 Å². The highest BCUT2D eigenvalue weighted by Crippen LogP contribution is 2.35. The number of nitrogens with one attached hydrogen (secondary N) is 1. The minimum Gasteiger partial charge on any atom is -0.504 e. The fourth-order valence-corrected chi connectivity index (χ4v) is 1.36. The van der Waals surface area contributed by atoms with Gasteiger partial charge in [0.1, 0.15) is 0 Å². The van der Waals surface area contributed by atoms with Crippen molar-refractivity contribution in [2.75, 3.05) is 14.2 Å². The summed E-state index contributed by atoms with van der Waals surface area (Å²) in [7, 11) is 2.74. The molecule has 0 amide bonds. The van der Waals surface area contributed by atoms with Crippen LogP contribution in [0.15, 0.2) is 6.07 Å². The van der Waals surface area contributed by atoms with Crippen molar-refractivity contribution in [3.05, 3.63) is 22.5 Å². The summed E-state index contributed by atoms with van der Waals surface area (Å²) in [6.07, 6.45) is 0. The van der Waals surface area contributed by atoms with E-state index < -0.39 is 11.6 Å². The van der Waals surface area contributed by atoms with Gasteiger partial charge in [0, 0.05) is 12.1 Å². The van der Waals surface area contributed by atoms with Gasteiger partial charge in [-0.05, 0) is 6.07 Å². The van der Waals surface area contributed by atoms with E-state index in [4.69, 9.17) is 16.3 Å². The van der Waals surface area contributed by atoms with Gasteiger partial charge in [0.05, 0.1) is 19.2 Å². The van der Waals surface area contributed by atoms with E-state index in [-0.39, 0.29) is 17.3 Å². The molecule has 0 fully saturated rings. The Kier molecular flexibility index (Phi) is 4.14. The first kappa shape index (κ1) is 12.0. The summed E-state index contributed by atoms with van der Waals surface area (Å²) >= 11 is 5.61. The van der Waals surface area contributed by atoms with Crippen LogP contribution in [0.25, 0.3) is 0 Å². The Hall–Kier alpha value is -1.04. The summed E-state index contributed by atoms with van der Waals surface area (Å²) in [6, 6.07) is 1.41. The maximum absolute atomic E-state index is 13.4. The second-order valence-electron chi connectivity index (χ2n) is 2.74. The SMILES string of the molecule is CONCc1cc(Cl)c(O)c(F)c1OC. The molecular weight excluding hydrogens is 225 g/mol. The summed E-state index contributed by atoms with van der Waals surface area (Å²) in [5.74, 6) is -1.55. The van der Waals surface area contributed by atoms with Crippen molar-refractivity contribution in [2.45, 2.75) is 6.54 Å². The molecule has 0 spiro atoms. The molecule has 0 aliphatic carbocycles. The van der Waals surface area contributed by atoms with Crippen molar-refractivity contribution in [3.63, 3.8) is 0 Å². The van der Waals surface area contributed by atoms with Crippen LogP contribution in [-0.2, 0) is 11.4 Å². The Morgan fingerprint density at radius 1 is 1.53 bits per heavy atom. The number of aromatic hydroxyl groups is 1. The number of hydrogen-bond acceptors (Lipinski definition) is 4. The lowest BCUT2D eigenvalue weighted by Crippen LogP contribution is -2.12. The van der Waals surface area contributed by atoms with Crippen LogP contribution in [0.2, 0.25) is 5.02 Å². The molecule has 1 aromatic carbocycles. The Bertz CT molecular complexity index is 360. The Balaban J connectivity index is 3.13. The molecule has 0 atom stereocenters.